The predicted octanol–water partition coefficient (Wildman–Crippen LogP) is 19.0. The van der Waals surface area contributed by atoms with Gasteiger partial charge in [-0.1, -0.05) is 249 Å². The van der Waals surface area contributed by atoms with Gasteiger partial charge in [0.05, 0.1) is 0 Å². The lowest BCUT2D eigenvalue weighted by atomic mass is 10.0. The summed E-state index contributed by atoms with van der Waals surface area (Å²) in [5.41, 5.74) is 0. The van der Waals surface area contributed by atoms with Gasteiger partial charge in [-0.05, 0) is 77.0 Å². The van der Waals surface area contributed by atoms with Crippen molar-refractivity contribution in [3.05, 3.63) is 48.6 Å². The highest BCUT2D eigenvalue weighted by atomic mass is 16.6. The molecular weight excluding hydrogens is 817 g/mol. The molecule has 0 aliphatic rings. The van der Waals surface area contributed by atoms with Crippen molar-refractivity contribution < 1.29 is 28.6 Å². The van der Waals surface area contributed by atoms with Crippen molar-refractivity contribution in [2.75, 3.05) is 13.2 Å². The lowest BCUT2D eigenvalue weighted by Crippen LogP contribution is -2.30. The van der Waals surface area contributed by atoms with Gasteiger partial charge in [-0.15, -0.1) is 0 Å². The molecule has 6 heteroatoms. The fraction of sp³-hybridized carbons (Fsp3) is 0.817. The maximum atomic E-state index is 12.8. The molecular formula is C60H108O6. The Balaban J connectivity index is 4.39. The molecule has 1 atom stereocenters. The Hall–Kier alpha value is -2.63. The van der Waals surface area contributed by atoms with Crippen LogP contribution in [0, 0.1) is 0 Å². The van der Waals surface area contributed by atoms with Crippen LogP contribution in [0.1, 0.15) is 297 Å². The van der Waals surface area contributed by atoms with Crippen molar-refractivity contribution in [1.82, 2.24) is 0 Å². The van der Waals surface area contributed by atoms with Gasteiger partial charge in [0.15, 0.2) is 6.10 Å². The van der Waals surface area contributed by atoms with Gasteiger partial charge in [0.25, 0.3) is 0 Å². The first-order chi connectivity index (χ1) is 32.5. The molecule has 0 bridgehead atoms. The van der Waals surface area contributed by atoms with E-state index in [9.17, 15) is 14.4 Å². The molecule has 0 saturated heterocycles. The van der Waals surface area contributed by atoms with Crippen LogP contribution < -0.4 is 0 Å². The lowest BCUT2D eigenvalue weighted by molar-refractivity contribution is -0.167. The minimum atomic E-state index is -0.781. The molecule has 384 valence electrons. The van der Waals surface area contributed by atoms with Crippen LogP contribution in [0.25, 0.3) is 0 Å². The third-order valence-corrected chi connectivity index (χ3v) is 12.6. The van der Waals surface area contributed by atoms with Crippen molar-refractivity contribution in [2.24, 2.45) is 0 Å². The molecule has 1 unspecified atom stereocenters. The summed E-state index contributed by atoms with van der Waals surface area (Å²) in [5.74, 6) is -0.889. The molecule has 6 nitrogen and oxygen atoms in total. The Morgan fingerprint density at radius 2 is 0.591 bits per heavy atom. The summed E-state index contributed by atoms with van der Waals surface area (Å²) >= 11 is 0. The minimum absolute atomic E-state index is 0.0787. The van der Waals surface area contributed by atoms with Crippen molar-refractivity contribution in [3.8, 4) is 0 Å². The van der Waals surface area contributed by atoms with E-state index < -0.39 is 6.10 Å². The molecule has 0 amide bonds. The van der Waals surface area contributed by atoms with Gasteiger partial charge in [0, 0.05) is 19.3 Å². The van der Waals surface area contributed by atoms with Crippen LogP contribution in [-0.4, -0.2) is 37.2 Å². The molecule has 0 radical (unpaired) electrons. The van der Waals surface area contributed by atoms with E-state index in [1.165, 1.54) is 167 Å². The second-order valence-electron chi connectivity index (χ2n) is 19.2. The fourth-order valence-corrected chi connectivity index (χ4v) is 8.23. The number of hydrogen-bond donors (Lipinski definition) is 0. The smallest absolute Gasteiger partial charge is 0.306 e. The van der Waals surface area contributed by atoms with E-state index in [1.807, 2.05) is 0 Å². The van der Waals surface area contributed by atoms with E-state index in [2.05, 4.69) is 69.4 Å². The Morgan fingerprint density at radius 1 is 0.318 bits per heavy atom. The molecule has 0 saturated carbocycles. The number of carbonyl (C=O) groups excluding carboxylic acids is 3. The van der Waals surface area contributed by atoms with E-state index in [0.29, 0.717) is 19.3 Å². The maximum Gasteiger partial charge on any atom is 0.306 e. The van der Waals surface area contributed by atoms with Crippen molar-refractivity contribution in [2.45, 2.75) is 303 Å². The largest absolute Gasteiger partial charge is 0.462 e. The summed E-state index contributed by atoms with van der Waals surface area (Å²) < 4.78 is 16.9. The molecule has 0 heterocycles. The predicted molar refractivity (Wildman–Crippen MR) is 284 cm³/mol. The lowest BCUT2D eigenvalue weighted by Gasteiger charge is -2.18. The first kappa shape index (κ1) is 63.4. The van der Waals surface area contributed by atoms with E-state index >= 15 is 0 Å². The van der Waals surface area contributed by atoms with Crippen LogP contribution in [0.5, 0.6) is 0 Å². The summed E-state index contributed by atoms with van der Waals surface area (Å²) in [5, 5.41) is 0. The quantitative estimate of drug-likeness (QED) is 0.0199. The van der Waals surface area contributed by atoms with E-state index in [-0.39, 0.29) is 31.1 Å². The average molecular weight is 926 g/mol. The molecule has 0 aromatic carbocycles. The van der Waals surface area contributed by atoms with E-state index in [0.717, 1.165) is 89.9 Å². The Bertz CT molecular complexity index is 1150. The van der Waals surface area contributed by atoms with Crippen molar-refractivity contribution in [3.63, 3.8) is 0 Å². The fourth-order valence-electron chi connectivity index (χ4n) is 8.23. The zero-order valence-corrected chi connectivity index (χ0v) is 44.0. The number of unbranched alkanes of at least 4 members (excludes halogenated alkanes) is 34. The molecule has 0 aliphatic carbocycles. The van der Waals surface area contributed by atoms with E-state index in [4.69, 9.17) is 14.2 Å². The van der Waals surface area contributed by atoms with Crippen LogP contribution >= 0.6 is 0 Å². The number of hydrogen-bond acceptors (Lipinski definition) is 6. The molecule has 0 aliphatic heterocycles. The topological polar surface area (TPSA) is 78.9 Å². The SMILES string of the molecule is CCCCC/C=C\C/C=C\CCCCCCCCCC(=O)OC(COC(=O)CCCCCCC/C=C\C=C/CCCCCCCCC)COC(=O)CCCCCCCCCCCCCCC. The van der Waals surface area contributed by atoms with Crippen molar-refractivity contribution >= 4 is 17.9 Å². The van der Waals surface area contributed by atoms with Gasteiger partial charge in [0.2, 0.25) is 0 Å². The summed E-state index contributed by atoms with van der Waals surface area (Å²) in [7, 11) is 0. The highest BCUT2D eigenvalue weighted by molar-refractivity contribution is 5.71. The van der Waals surface area contributed by atoms with Gasteiger partial charge in [0.1, 0.15) is 13.2 Å². The third-order valence-electron chi connectivity index (χ3n) is 12.6. The van der Waals surface area contributed by atoms with E-state index in [1.54, 1.807) is 0 Å². The standard InChI is InChI=1S/C60H108O6/c1-4-7-10-13-16-19-22-25-27-29-31-32-35-38-41-44-47-50-53-59(62)65-56-57(55-64-58(61)52-49-46-43-40-37-34-24-21-18-15-12-9-6-3)66-60(63)54-51-48-45-42-39-36-33-30-28-26-23-20-17-14-11-8-5-2/h17,20,26-29,31-32,57H,4-16,18-19,21-25,30,33-56H2,1-3H3/b20-17-,28-26-,29-27-,32-31-. The highest BCUT2D eigenvalue weighted by Gasteiger charge is 2.19. The van der Waals surface area contributed by atoms with Crippen molar-refractivity contribution in [1.29, 1.82) is 0 Å². The maximum absolute atomic E-state index is 12.8. The van der Waals surface area contributed by atoms with Crippen LogP contribution in [-0.2, 0) is 28.6 Å². The summed E-state index contributed by atoms with van der Waals surface area (Å²) in [6.45, 7) is 6.62. The van der Waals surface area contributed by atoms with Crippen LogP contribution in [0.3, 0.4) is 0 Å². The van der Waals surface area contributed by atoms with Gasteiger partial charge in [-0.25, -0.2) is 0 Å². The molecule has 0 fully saturated rings. The van der Waals surface area contributed by atoms with Crippen LogP contribution in [0.15, 0.2) is 48.6 Å². The molecule has 0 rings (SSSR count). The summed E-state index contributed by atoms with van der Waals surface area (Å²) in [6, 6.07) is 0. The Morgan fingerprint density at radius 3 is 0.955 bits per heavy atom. The van der Waals surface area contributed by atoms with Gasteiger partial charge in [-0.2, -0.15) is 0 Å². The third kappa shape index (κ3) is 52.3. The van der Waals surface area contributed by atoms with Gasteiger partial charge >= 0.3 is 17.9 Å². The first-order valence-electron chi connectivity index (χ1n) is 28.7. The molecule has 0 aromatic rings. The van der Waals surface area contributed by atoms with Gasteiger partial charge in [-0.3, -0.25) is 14.4 Å². The van der Waals surface area contributed by atoms with Crippen LogP contribution in [0.2, 0.25) is 0 Å². The molecule has 0 aromatic heterocycles. The Labute approximate surface area is 409 Å². The average Bonchev–Trinajstić information content (AvgIpc) is 3.31. The second-order valence-corrected chi connectivity index (χ2v) is 19.2. The Kier molecular flexibility index (Phi) is 52.8. The number of allylic oxidation sites excluding steroid dienone is 8. The highest BCUT2D eigenvalue weighted by Crippen LogP contribution is 2.16. The molecule has 66 heavy (non-hydrogen) atoms. The molecule has 0 N–H and O–H groups in total. The first-order valence-corrected chi connectivity index (χ1v) is 28.7. The number of carbonyl (C=O) groups is 3. The summed E-state index contributed by atoms with van der Waals surface area (Å²) in [4.78, 5) is 38.1. The van der Waals surface area contributed by atoms with Gasteiger partial charge < -0.3 is 14.2 Å². The minimum Gasteiger partial charge on any atom is -0.462 e. The molecule has 0 spiro atoms. The van der Waals surface area contributed by atoms with Crippen LogP contribution in [0.4, 0.5) is 0 Å². The number of ether oxygens (including phenoxy) is 3. The monoisotopic (exact) mass is 925 g/mol. The zero-order valence-electron chi connectivity index (χ0n) is 44.0. The normalized spacial score (nSPS) is 12.3. The summed E-state index contributed by atoms with van der Waals surface area (Å²) in [6.07, 6.45) is 66.6. The zero-order chi connectivity index (χ0) is 47.9. The second kappa shape index (κ2) is 55.0. The number of rotatable bonds is 52. The number of esters is 3.